The first-order chi connectivity index (χ1) is 8.20. The van der Waals surface area contributed by atoms with Crippen LogP contribution >= 0.6 is 0 Å². The minimum atomic E-state index is 0.157. The second-order valence-corrected chi connectivity index (χ2v) is 4.06. The molecule has 5 nitrogen and oxygen atoms in total. The van der Waals surface area contributed by atoms with E-state index in [1.165, 1.54) is 6.33 Å². The Hall–Kier alpha value is -1.88. The SMILES string of the molecule is CC(CCO)Nc1ncnc2cc(N)ccc12. The normalized spacial score (nSPS) is 12.6. The molecule has 0 aliphatic carbocycles. The number of nitrogens with zero attached hydrogens (tertiary/aromatic N) is 2. The number of hydrogen-bond acceptors (Lipinski definition) is 5. The molecule has 1 heterocycles. The van der Waals surface area contributed by atoms with Gasteiger partial charge in [0.15, 0.2) is 0 Å². The Labute approximate surface area is 99.7 Å². The second kappa shape index (κ2) is 4.97. The van der Waals surface area contributed by atoms with Gasteiger partial charge in [-0.1, -0.05) is 0 Å². The molecule has 0 bridgehead atoms. The van der Waals surface area contributed by atoms with Gasteiger partial charge in [-0.15, -0.1) is 0 Å². The number of nitrogen functional groups attached to an aromatic ring is 1. The topological polar surface area (TPSA) is 84.1 Å². The third kappa shape index (κ3) is 2.62. The molecule has 1 unspecified atom stereocenters. The molecule has 0 amide bonds. The molecular weight excluding hydrogens is 216 g/mol. The first-order valence-corrected chi connectivity index (χ1v) is 5.58. The predicted octanol–water partition coefficient (Wildman–Crippen LogP) is 1.39. The first kappa shape index (κ1) is 11.6. The summed E-state index contributed by atoms with van der Waals surface area (Å²) >= 11 is 0. The summed E-state index contributed by atoms with van der Waals surface area (Å²) in [5.74, 6) is 0.774. The van der Waals surface area contributed by atoms with E-state index in [9.17, 15) is 0 Å². The molecule has 90 valence electrons. The summed E-state index contributed by atoms with van der Waals surface area (Å²) in [5, 5.41) is 13.1. The lowest BCUT2D eigenvalue weighted by molar-refractivity contribution is 0.282. The van der Waals surface area contributed by atoms with Crippen molar-refractivity contribution in [1.82, 2.24) is 9.97 Å². The quantitative estimate of drug-likeness (QED) is 0.694. The smallest absolute Gasteiger partial charge is 0.137 e. The van der Waals surface area contributed by atoms with Gasteiger partial charge in [-0.2, -0.15) is 0 Å². The van der Waals surface area contributed by atoms with Crippen LogP contribution in [0.15, 0.2) is 24.5 Å². The molecule has 0 radical (unpaired) electrons. The van der Waals surface area contributed by atoms with Crippen LogP contribution in [0.25, 0.3) is 10.9 Å². The summed E-state index contributed by atoms with van der Waals surface area (Å²) in [4.78, 5) is 8.39. The van der Waals surface area contributed by atoms with Crippen molar-refractivity contribution < 1.29 is 5.11 Å². The van der Waals surface area contributed by atoms with E-state index < -0.39 is 0 Å². The number of fused-ring (bicyclic) bond motifs is 1. The highest BCUT2D eigenvalue weighted by Gasteiger charge is 2.07. The zero-order valence-corrected chi connectivity index (χ0v) is 9.72. The molecule has 0 saturated carbocycles. The molecule has 0 aliphatic heterocycles. The molecule has 0 fully saturated rings. The van der Waals surface area contributed by atoms with Crippen molar-refractivity contribution >= 4 is 22.4 Å². The summed E-state index contributed by atoms with van der Waals surface area (Å²) in [5.41, 5.74) is 7.21. The molecule has 2 aromatic rings. The molecule has 1 aromatic carbocycles. The van der Waals surface area contributed by atoms with E-state index in [1.54, 1.807) is 0 Å². The van der Waals surface area contributed by atoms with Crippen LogP contribution < -0.4 is 11.1 Å². The number of aromatic nitrogens is 2. The van der Waals surface area contributed by atoms with Crippen molar-refractivity contribution in [1.29, 1.82) is 0 Å². The maximum atomic E-state index is 8.88. The summed E-state index contributed by atoms with van der Waals surface area (Å²) < 4.78 is 0. The van der Waals surface area contributed by atoms with Crippen molar-refractivity contribution in [2.45, 2.75) is 19.4 Å². The zero-order chi connectivity index (χ0) is 12.3. The Bertz CT molecular complexity index is 515. The van der Waals surface area contributed by atoms with E-state index in [2.05, 4.69) is 15.3 Å². The molecule has 1 aromatic heterocycles. The van der Waals surface area contributed by atoms with E-state index >= 15 is 0 Å². The Balaban J connectivity index is 2.34. The summed E-state index contributed by atoms with van der Waals surface area (Å²) in [7, 11) is 0. The molecule has 2 rings (SSSR count). The molecular formula is C12H16N4O. The highest BCUT2D eigenvalue weighted by Crippen LogP contribution is 2.21. The highest BCUT2D eigenvalue weighted by atomic mass is 16.3. The molecule has 0 saturated heterocycles. The number of benzene rings is 1. The van der Waals surface area contributed by atoms with Gasteiger partial charge in [0.1, 0.15) is 12.1 Å². The van der Waals surface area contributed by atoms with Gasteiger partial charge in [0, 0.05) is 23.7 Å². The average molecular weight is 232 g/mol. The van der Waals surface area contributed by atoms with Gasteiger partial charge in [-0.25, -0.2) is 9.97 Å². The van der Waals surface area contributed by atoms with Gasteiger partial charge < -0.3 is 16.2 Å². The van der Waals surface area contributed by atoms with E-state index in [1.807, 2.05) is 25.1 Å². The summed E-state index contributed by atoms with van der Waals surface area (Å²) in [6.07, 6.45) is 2.19. The van der Waals surface area contributed by atoms with Gasteiger partial charge in [0.25, 0.3) is 0 Å². The van der Waals surface area contributed by atoms with Crippen LogP contribution in [0.3, 0.4) is 0 Å². The number of aliphatic hydroxyl groups is 1. The number of nitrogens with two attached hydrogens (primary N) is 1. The zero-order valence-electron chi connectivity index (χ0n) is 9.72. The molecule has 0 aliphatic rings. The van der Waals surface area contributed by atoms with E-state index in [4.69, 9.17) is 10.8 Å². The number of rotatable bonds is 4. The number of nitrogens with one attached hydrogen (secondary N) is 1. The average Bonchev–Trinajstić information content (AvgIpc) is 2.29. The van der Waals surface area contributed by atoms with Crippen molar-refractivity contribution in [3.05, 3.63) is 24.5 Å². The maximum absolute atomic E-state index is 8.88. The lowest BCUT2D eigenvalue weighted by Gasteiger charge is -2.14. The fourth-order valence-electron chi connectivity index (χ4n) is 1.69. The number of hydrogen-bond donors (Lipinski definition) is 3. The van der Waals surface area contributed by atoms with E-state index in [0.29, 0.717) is 12.1 Å². The maximum Gasteiger partial charge on any atom is 0.137 e. The standard InChI is InChI=1S/C12H16N4O/c1-8(4-5-17)16-12-10-3-2-9(13)6-11(10)14-7-15-12/h2-3,6-8,17H,4-5,13H2,1H3,(H,14,15,16). The van der Waals surface area contributed by atoms with Crippen LogP contribution in [-0.4, -0.2) is 27.7 Å². The Morgan fingerprint density at radius 3 is 3.00 bits per heavy atom. The van der Waals surface area contributed by atoms with Gasteiger partial charge in [-0.05, 0) is 31.5 Å². The van der Waals surface area contributed by atoms with Gasteiger partial charge in [0.2, 0.25) is 0 Å². The van der Waals surface area contributed by atoms with E-state index in [0.717, 1.165) is 16.7 Å². The van der Waals surface area contributed by atoms with Crippen LogP contribution in [0.2, 0.25) is 0 Å². The largest absolute Gasteiger partial charge is 0.399 e. The van der Waals surface area contributed by atoms with Crippen molar-refractivity contribution in [2.75, 3.05) is 17.7 Å². The third-order valence-electron chi connectivity index (χ3n) is 2.61. The Morgan fingerprint density at radius 2 is 2.24 bits per heavy atom. The van der Waals surface area contributed by atoms with Crippen molar-refractivity contribution in [3.63, 3.8) is 0 Å². The molecule has 0 spiro atoms. The van der Waals surface area contributed by atoms with Crippen LogP contribution in [0, 0.1) is 0 Å². The minimum Gasteiger partial charge on any atom is -0.399 e. The Kier molecular flexibility index (Phi) is 3.39. The van der Waals surface area contributed by atoms with Crippen LogP contribution in [-0.2, 0) is 0 Å². The second-order valence-electron chi connectivity index (χ2n) is 4.06. The molecule has 1 atom stereocenters. The molecule has 4 N–H and O–H groups in total. The van der Waals surface area contributed by atoms with Gasteiger partial charge >= 0.3 is 0 Å². The lowest BCUT2D eigenvalue weighted by atomic mass is 10.2. The van der Waals surface area contributed by atoms with Crippen LogP contribution in [0.1, 0.15) is 13.3 Å². The van der Waals surface area contributed by atoms with Gasteiger partial charge in [0.05, 0.1) is 5.52 Å². The highest BCUT2D eigenvalue weighted by molar-refractivity contribution is 5.90. The van der Waals surface area contributed by atoms with Crippen LogP contribution in [0.5, 0.6) is 0 Å². The summed E-state index contributed by atoms with van der Waals surface area (Å²) in [6.45, 7) is 2.16. The molecule has 17 heavy (non-hydrogen) atoms. The minimum absolute atomic E-state index is 0.157. The summed E-state index contributed by atoms with van der Waals surface area (Å²) in [6, 6.07) is 5.71. The fraction of sp³-hybridized carbons (Fsp3) is 0.333. The van der Waals surface area contributed by atoms with Crippen LogP contribution in [0.4, 0.5) is 11.5 Å². The third-order valence-corrected chi connectivity index (χ3v) is 2.61. The van der Waals surface area contributed by atoms with E-state index in [-0.39, 0.29) is 12.6 Å². The first-order valence-electron chi connectivity index (χ1n) is 5.58. The van der Waals surface area contributed by atoms with Gasteiger partial charge in [-0.3, -0.25) is 0 Å². The number of anilines is 2. The van der Waals surface area contributed by atoms with Crippen molar-refractivity contribution in [3.8, 4) is 0 Å². The molecule has 5 heteroatoms. The predicted molar refractivity (Wildman–Crippen MR) is 68.7 cm³/mol. The number of aliphatic hydroxyl groups excluding tert-OH is 1. The lowest BCUT2D eigenvalue weighted by Crippen LogP contribution is -2.17. The monoisotopic (exact) mass is 232 g/mol. The fourth-order valence-corrected chi connectivity index (χ4v) is 1.69. The van der Waals surface area contributed by atoms with Crippen molar-refractivity contribution in [2.24, 2.45) is 0 Å². The Morgan fingerprint density at radius 1 is 1.41 bits per heavy atom.